The van der Waals surface area contributed by atoms with Crippen molar-refractivity contribution < 1.29 is 0 Å². The minimum Gasteiger partial charge on any atom is -0.197 e. The van der Waals surface area contributed by atoms with Gasteiger partial charge in [-0.25, -0.2) is 0 Å². The molecule has 124 valence electrons. The summed E-state index contributed by atoms with van der Waals surface area (Å²) in [6, 6.07) is 15.8. The molecule has 0 spiro atoms. The van der Waals surface area contributed by atoms with E-state index in [2.05, 4.69) is 56.3 Å². The van der Waals surface area contributed by atoms with Crippen molar-refractivity contribution in [3.63, 3.8) is 0 Å². The van der Waals surface area contributed by atoms with Crippen molar-refractivity contribution in [1.82, 2.24) is 0 Å². The van der Waals surface area contributed by atoms with Crippen molar-refractivity contribution in [2.75, 3.05) is 0 Å². The molecule has 2 heteroatoms. The second-order valence-electron chi connectivity index (χ2n) is 8.84. The summed E-state index contributed by atoms with van der Waals surface area (Å²) in [4.78, 5) is 0. The third kappa shape index (κ3) is 1.86. The molecule has 4 fully saturated rings. The fourth-order valence-corrected chi connectivity index (χ4v) is 7.22. The summed E-state index contributed by atoms with van der Waals surface area (Å²) in [5.41, 5.74) is 1.69. The van der Waals surface area contributed by atoms with Crippen molar-refractivity contribution in [2.45, 2.75) is 51.4 Å². The van der Waals surface area contributed by atoms with E-state index < -0.39 is 5.92 Å². The molecule has 5 atom stereocenters. The Labute approximate surface area is 145 Å². The van der Waals surface area contributed by atoms with Gasteiger partial charge < -0.3 is 0 Å². The lowest BCUT2D eigenvalue weighted by Gasteiger charge is -2.67. The van der Waals surface area contributed by atoms with Crippen molar-refractivity contribution in [2.24, 2.45) is 35.0 Å². The van der Waals surface area contributed by atoms with Crippen LogP contribution in [-0.4, -0.2) is 0 Å². The molecular formula is C22H26N2. The third-order valence-electron chi connectivity index (χ3n) is 7.75. The molecule has 2 nitrogen and oxygen atoms in total. The smallest absolute Gasteiger partial charge is 0.139 e. The molecule has 4 saturated carbocycles. The first-order chi connectivity index (χ1) is 11.6. The van der Waals surface area contributed by atoms with Crippen LogP contribution in [-0.2, 0) is 5.41 Å². The molecule has 3 unspecified atom stereocenters. The molecule has 1 aromatic carbocycles. The average molecular weight is 318 g/mol. The van der Waals surface area contributed by atoms with Gasteiger partial charge in [0.05, 0.1) is 12.1 Å². The van der Waals surface area contributed by atoms with Crippen LogP contribution < -0.4 is 0 Å². The number of hydrogen-bond acceptors (Lipinski definition) is 2. The standard InChI is InChI=1S/C22H26N2/c1-15(2)22(20(13-23)14-24)18-8-16-9-19(22)12-21(10-16,11-18)17-6-4-3-5-7-17/h3-7,15-16,18-20H,8-12H2,1-2H3/t16?,18-,19+,21?,22?. The second-order valence-corrected chi connectivity index (χ2v) is 8.84. The highest BCUT2D eigenvalue weighted by molar-refractivity contribution is 5.32. The SMILES string of the molecule is CC(C)C1(C(C#N)C#N)[C@@H]2CC3C[C@H]1CC(c1ccccc1)(C3)C2. The van der Waals surface area contributed by atoms with Crippen molar-refractivity contribution in [1.29, 1.82) is 10.5 Å². The minimum atomic E-state index is -0.458. The lowest BCUT2D eigenvalue weighted by atomic mass is 9.36. The lowest BCUT2D eigenvalue weighted by Crippen LogP contribution is -2.62. The summed E-state index contributed by atoms with van der Waals surface area (Å²) >= 11 is 0. The number of nitriles is 2. The molecule has 4 aliphatic rings. The number of benzene rings is 1. The first-order valence-electron chi connectivity index (χ1n) is 9.41. The van der Waals surface area contributed by atoms with Crippen molar-refractivity contribution in [3.05, 3.63) is 35.9 Å². The van der Waals surface area contributed by atoms with Crippen LogP contribution in [0.2, 0.25) is 0 Å². The third-order valence-corrected chi connectivity index (χ3v) is 7.75. The highest BCUT2D eigenvalue weighted by Gasteiger charge is 2.65. The van der Waals surface area contributed by atoms with Gasteiger partial charge in [0.1, 0.15) is 5.92 Å². The largest absolute Gasteiger partial charge is 0.197 e. The van der Waals surface area contributed by atoms with Crippen LogP contribution >= 0.6 is 0 Å². The van der Waals surface area contributed by atoms with Gasteiger partial charge in [-0.15, -0.1) is 0 Å². The summed E-state index contributed by atoms with van der Waals surface area (Å²) in [6.07, 6.45) is 6.10. The average Bonchev–Trinajstić information content (AvgIpc) is 2.58. The van der Waals surface area contributed by atoms with E-state index in [9.17, 15) is 10.5 Å². The first-order valence-corrected chi connectivity index (χ1v) is 9.41. The summed E-state index contributed by atoms with van der Waals surface area (Å²) in [6.45, 7) is 4.50. The van der Waals surface area contributed by atoms with Crippen molar-refractivity contribution >= 4 is 0 Å². The predicted octanol–water partition coefficient (Wildman–Crippen LogP) is 5.07. The lowest BCUT2D eigenvalue weighted by molar-refractivity contribution is -0.157. The Morgan fingerprint density at radius 3 is 2.04 bits per heavy atom. The van der Waals surface area contributed by atoms with Crippen LogP contribution in [0.15, 0.2) is 30.3 Å². The van der Waals surface area contributed by atoms with E-state index in [-0.39, 0.29) is 5.41 Å². The predicted molar refractivity (Wildman–Crippen MR) is 93.7 cm³/mol. The summed E-state index contributed by atoms with van der Waals surface area (Å²) < 4.78 is 0. The second kappa shape index (κ2) is 5.35. The van der Waals surface area contributed by atoms with Gasteiger partial charge in [-0.1, -0.05) is 44.2 Å². The molecule has 0 aromatic heterocycles. The summed E-state index contributed by atoms with van der Waals surface area (Å²) in [5, 5.41) is 19.5. The summed E-state index contributed by atoms with van der Waals surface area (Å²) in [7, 11) is 0. The van der Waals surface area contributed by atoms with E-state index in [1.807, 2.05) is 0 Å². The molecule has 0 radical (unpaired) electrons. The highest BCUT2D eigenvalue weighted by atomic mass is 14.7. The summed E-state index contributed by atoms with van der Waals surface area (Å²) in [5.74, 6) is 1.76. The van der Waals surface area contributed by atoms with Gasteiger partial charge in [-0.05, 0) is 66.8 Å². The maximum atomic E-state index is 9.73. The van der Waals surface area contributed by atoms with Crippen LogP contribution in [0.3, 0.4) is 0 Å². The Morgan fingerprint density at radius 1 is 0.958 bits per heavy atom. The van der Waals surface area contributed by atoms with Gasteiger partial charge in [0.2, 0.25) is 0 Å². The number of hydrogen-bond donors (Lipinski definition) is 0. The van der Waals surface area contributed by atoms with E-state index in [0.29, 0.717) is 23.2 Å². The van der Waals surface area contributed by atoms with E-state index in [0.717, 1.165) is 5.92 Å². The van der Waals surface area contributed by atoms with Crippen LogP contribution in [0.1, 0.15) is 51.5 Å². The Morgan fingerprint density at radius 2 is 1.54 bits per heavy atom. The fourth-order valence-electron chi connectivity index (χ4n) is 7.22. The highest BCUT2D eigenvalue weighted by Crippen LogP contribution is 2.70. The Kier molecular flexibility index (Phi) is 3.50. The number of rotatable bonds is 3. The zero-order valence-corrected chi connectivity index (χ0v) is 14.7. The van der Waals surface area contributed by atoms with Gasteiger partial charge in [0, 0.05) is 5.41 Å². The molecular weight excluding hydrogens is 292 g/mol. The Balaban J connectivity index is 1.80. The monoisotopic (exact) mass is 318 g/mol. The molecule has 4 aliphatic carbocycles. The topological polar surface area (TPSA) is 47.6 Å². The van der Waals surface area contributed by atoms with Crippen LogP contribution in [0.25, 0.3) is 0 Å². The van der Waals surface area contributed by atoms with Crippen LogP contribution in [0, 0.1) is 57.7 Å². The van der Waals surface area contributed by atoms with Crippen LogP contribution in [0.4, 0.5) is 0 Å². The Bertz CT molecular complexity index is 676. The first kappa shape index (κ1) is 15.7. The number of nitrogens with zero attached hydrogens (tertiary/aromatic N) is 2. The zero-order valence-electron chi connectivity index (χ0n) is 14.7. The van der Waals surface area contributed by atoms with E-state index >= 15 is 0 Å². The molecule has 0 N–H and O–H groups in total. The zero-order chi connectivity index (χ0) is 16.9. The maximum Gasteiger partial charge on any atom is 0.139 e. The van der Waals surface area contributed by atoms with E-state index in [4.69, 9.17) is 0 Å². The molecule has 4 bridgehead atoms. The molecule has 0 saturated heterocycles. The van der Waals surface area contributed by atoms with Gasteiger partial charge in [-0.3, -0.25) is 0 Å². The van der Waals surface area contributed by atoms with Gasteiger partial charge in [0.15, 0.2) is 0 Å². The van der Waals surface area contributed by atoms with Gasteiger partial charge in [0.25, 0.3) is 0 Å². The normalized spacial score (nSPS) is 39.8. The van der Waals surface area contributed by atoms with Gasteiger partial charge >= 0.3 is 0 Å². The van der Waals surface area contributed by atoms with E-state index in [1.54, 1.807) is 0 Å². The molecule has 0 amide bonds. The minimum absolute atomic E-state index is 0.0985. The maximum absolute atomic E-state index is 9.73. The quantitative estimate of drug-likeness (QED) is 0.781. The van der Waals surface area contributed by atoms with E-state index in [1.165, 1.54) is 37.7 Å². The molecule has 5 rings (SSSR count). The molecule has 0 heterocycles. The molecule has 1 aromatic rings. The van der Waals surface area contributed by atoms with Crippen molar-refractivity contribution in [3.8, 4) is 12.1 Å². The molecule has 0 aliphatic heterocycles. The molecule has 24 heavy (non-hydrogen) atoms. The van der Waals surface area contributed by atoms with Crippen LogP contribution in [0.5, 0.6) is 0 Å². The van der Waals surface area contributed by atoms with Gasteiger partial charge in [-0.2, -0.15) is 10.5 Å². The Hall–Kier alpha value is -1.80. The fraction of sp³-hybridized carbons (Fsp3) is 0.636.